The number of methoxy groups -OCH3 is 1. The minimum Gasteiger partial charge on any atom is -0.494 e. The number of ether oxygens (including phenoxy) is 2. The van der Waals surface area contributed by atoms with Crippen molar-refractivity contribution >= 4 is 40.4 Å². The number of hydrogen-bond donors (Lipinski definition) is 1. The van der Waals surface area contributed by atoms with Crippen molar-refractivity contribution in [2.75, 3.05) is 44.0 Å². The van der Waals surface area contributed by atoms with E-state index in [0.717, 1.165) is 19.2 Å². The molecule has 0 atom stereocenters. The average Bonchev–Trinajstić information content (AvgIpc) is 3.45. The van der Waals surface area contributed by atoms with Crippen molar-refractivity contribution < 1.29 is 36.6 Å². The number of rotatable bonds is 6. The number of aliphatic imine (C=N–C) groups is 1. The highest BCUT2D eigenvalue weighted by molar-refractivity contribution is 6.49. The minimum absolute atomic E-state index is 0.0138. The number of carbonyl (C=O) groups excluding carboxylic acids is 2. The summed E-state index contributed by atoms with van der Waals surface area (Å²) in [5, 5.41) is 2.69. The number of ketones is 1. The van der Waals surface area contributed by atoms with Gasteiger partial charge in [0, 0.05) is 24.9 Å². The lowest BCUT2D eigenvalue weighted by molar-refractivity contribution is -0.139. The largest absolute Gasteiger partial charge is 0.494 e. The van der Waals surface area contributed by atoms with E-state index in [1.807, 2.05) is 7.05 Å². The van der Waals surface area contributed by atoms with Crippen molar-refractivity contribution in [2.24, 2.45) is 10.4 Å². The number of aromatic nitrogens is 2. The normalized spacial score (nSPS) is 18.1. The van der Waals surface area contributed by atoms with E-state index in [1.54, 1.807) is 6.07 Å². The first kappa shape index (κ1) is 29.5. The maximum absolute atomic E-state index is 15.5. The fourth-order valence-electron chi connectivity index (χ4n) is 5.84. The molecule has 14 heteroatoms. The van der Waals surface area contributed by atoms with Gasteiger partial charge in [-0.15, -0.1) is 0 Å². The molecule has 1 N–H and O–H groups in total. The SMILES string of the molecule is COc1cc(N2CCC3(CCN(C)CC3)C2=O)c(F)cc1Nc1ncc(C(F)(F)F)c(Oc2cccc3c2C(=O)C(C)=N3)n1. The lowest BCUT2D eigenvalue weighted by atomic mass is 9.77. The standard InChI is InChI=1S/C30H28F4N6O4/c1-16-25(41)24-19(36-16)5-4-6-22(24)44-26-17(30(32,33)34)15-35-28(38-26)37-20-13-18(31)21(14-23(20)43-3)40-12-9-29(27(40)42)7-10-39(2)11-8-29/h4-6,13-15H,7-12H2,1-3H3,(H,35,37,38). The molecule has 1 aromatic heterocycles. The Morgan fingerprint density at radius 2 is 1.77 bits per heavy atom. The fraction of sp³-hybridized carbons (Fsp3) is 0.367. The fourth-order valence-corrected chi connectivity index (χ4v) is 5.84. The number of Topliss-reactive ketones (excluding diaryl/α,β-unsaturated/α-hetero) is 1. The predicted octanol–water partition coefficient (Wildman–Crippen LogP) is 5.92. The van der Waals surface area contributed by atoms with Crippen LogP contribution in [0.15, 0.2) is 41.5 Å². The van der Waals surface area contributed by atoms with Gasteiger partial charge >= 0.3 is 6.18 Å². The van der Waals surface area contributed by atoms with Gasteiger partial charge in [0.2, 0.25) is 23.5 Å². The Hall–Kier alpha value is -4.59. The van der Waals surface area contributed by atoms with E-state index in [0.29, 0.717) is 32.0 Å². The number of benzene rings is 2. The first-order valence-electron chi connectivity index (χ1n) is 13.9. The molecule has 3 aliphatic heterocycles. The van der Waals surface area contributed by atoms with Gasteiger partial charge < -0.3 is 24.6 Å². The van der Waals surface area contributed by atoms with Crippen molar-refractivity contribution in [1.29, 1.82) is 0 Å². The average molecular weight is 613 g/mol. The van der Waals surface area contributed by atoms with Gasteiger partial charge in [-0.05, 0) is 58.5 Å². The molecule has 4 heterocycles. The predicted molar refractivity (Wildman–Crippen MR) is 153 cm³/mol. The second-order valence-electron chi connectivity index (χ2n) is 11.1. The highest BCUT2D eigenvalue weighted by Crippen LogP contribution is 2.45. The molecule has 0 radical (unpaired) electrons. The molecule has 1 spiro atoms. The summed E-state index contributed by atoms with van der Waals surface area (Å²) in [6.07, 6.45) is -2.36. The van der Waals surface area contributed by atoms with Crippen LogP contribution in [0.2, 0.25) is 0 Å². The maximum atomic E-state index is 15.5. The van der Waals surface area contributed by atoms with Gasteiger partial charge in [0.1, 0.15) is 22.9 Å². The molecule has 2 saturated heterocycles. The van der Waals surface area contributed by atoms with Crippen LogP contribution in [0.3, 0.4) is 0 Å². The summed E-state index contributed by atoms with van der Waals surface area (Å²) in [4.78, 5) is 41.4. The molecular weight excluding hydrogens is 584 g/mol. The summed E-state index contributed by atoms with van der Waals surface area (Å²) in [5.41, 5.74) is -1.29. The monoisotopic (exact) mass is 612 g/mol. The van der Waals surface area contributed by atoms with E-state index in [4.69, 9.17) is 9.47 Å². The molecule has 0 unspecified atom stereocenters. The molecule has 2 aromatic carbocycles. The van der Waals surface area contributed by atoms with Gasteiger partial charge in [-0.1, -0.05) is 6.07 Å². The highest BCUT2D eigenvalue weighted by atomic mass is 19.4. The van der Waals surface area contributed by atoms with E-state index in [-0.39, 0.29) is 51.7 Å². The van der Waals surface area contributed by atoms with Gasteiger partial charge in [0.05, 0.1) is 40.9 Å². The molecule has 3 aromatic rings. The lowest BCUT2D eigenvalue weighted by Crippen LogP contribution is -2.43. The Morgan fingerprint density at radius 1 is 1.05 bits per heavy atom. The van der Waals surface area contributed by atoms with Crippen molar-refractivity contribution in [3.05, 3.63) is 53.5 Å². The van der Waals surface area contributed by atoms with Crippen LogP contribution in [0.5, 0.6) is 17.4 Å². The zero-order valence-corrected chi connectivity index (χ0v) is 24.1. The van der Waals surface area contributed by atoms with E-state index in [1.165, 1.54) is 37.1 Å². The third-order valence-corrected chi connectivity index (χ3v) is 8.38. The second-order valence-corrected chi connectivity index (χ2v) is 11.1. The highest BCUT2D eigenvalue weighted by Gasteiger charge is 2.48. The number of carbonyl (C=O) groups is 2. The van der Waals surface area contributed by atoms with E-state index in [9.17, 15) is 22.8 Å². The number of hydrogen-bond acceptors (Lipinski definition) is 9. The number of anilines is 3. The Labute approximate surface area is 249 Å². The summed E-state index contributed by atoms with van der Waals surface area (Å²) in [5.74, 6) is -2.61. The van der Waals surface area contributed by atoms with E-state index >= 15 is 4.39 Å². The summed E-state index contributed by atoms with van der Waals surface area (Å²) >= 11 is 0. The molecule has 0 saturated carbocycles. The lowest BCUT2D eigenvalue weighted by Gasteiger charge is -2.36. The van der Waals surface area contributed by atoms with E-state index in [2.05, 4.69) is 25.2 Å². The zero-order chi connectivity index (χ0) is 31.4. The molecule has 1 amide bonds. The number of likely N-dealkylation sites (tertiary alicyclic amines) is 1. The summed E-state index contributed by atoms with van der Waals surface area (Å²) in [6.45, 7) is 3.41. The zero-order valence-electron chi connectivity index (χ0n) is 24.1. The number of nitrogens with zero attached hydrogens (tertiary/aromatic N) is 5. The van der Waals surface area contributed by atoms with Crippen LogP contribution >= 0.6 is 0 Å². The number of alkyl halides is 3. The Balaban J connectivity index is 1.30. The van der Waals surface area contributed by atoms with Crippen LogP contribution in [-0.4, -0.2) is 66.1 Å². The van der Waals surface area contributed by atoms with Crippen LogP contribution in [0.4, 0.5) is 40.6 Å². The number of halogens is 4. The van der Waals surface area contributed by atoms with Gasteiger partial charge in [-0.3, -0.25) is 9.59 Å². The third kappa shape index (κ3) is 5.12. The van der Waals surface area contributed by atoms with Crippen molar-refractivity contribution in [3.63, 3.8) is 0 Å². The van der Waals surface area contributed by atoms with Crippen LogP contribution in [0, 0.1) is 11.2 Å². The third-order valence-electron chi connectivity index (χ3n) is 8.38. The Kier molecular flexibility index (Phi) is 7.26. The summed E-state index contributed by atoms with van der Waals surface area (Å²) in [6, 6.07) is 6.82. The summed E-state index contributed by atoms with van der Waals surface area (Å²) in [7, 11) is 3.34. The molecule has 3 aliphatic rings. The van der Waals surface area contributed by atoms with Crippen LogP contribution in [-0.2, 0) is 11.0 Å². The molecule has 6 rings (SSSR count). The quantitative estimate of drug-likeness (QED) is 0.342. The smallest absolute Gasteiger partial charge is 0.423 e. The van der Waals surface area contributed by atoms with Crippen molar-refractivity contribution in [1.82, 2.24) is 14.9 Å². The summed E-state index contributed by atoms with van der Waals surface area (Å²) < 4.78 is 68.2. The second kappa shape index (κ2) is 10.8. The van der Waals surface area contributed by atoms with Crippen molar-refractivity contribution in [3.8, 4) is 17.4 Å². The number of piperidine rings is 1. The minimum atomic E-state index is -4.89. The number of fused-ring (bicyclic) bond motifs is 1. The topological polar surface area (TPSA) is 109 Å². The van der Waals surface area contributed by atoms with Crippen LogP contribution in [0.1, 0.15) is 42.1 Å². The first-order valence-corrected chi connectivity index (χ1v) is 13.9. The number of amides is 1. The molecular formula is C30H28F4N6O4. The molecule has 230 valence electrons. The van der Waals surface area contributed by atoms with Crippen LogP contribution in [0.25, 0.3) is 0 Å². The van der Waals surface area contributed by atoms with Gasteiger partial charge in [-0.2, -0.15) is 18.2 Å². The molecule has 10 nitrogen and oxygen atoms in total. The van der Waals surface area contributed by atoms with E-state index < -0.39 is 34.6 Å². The van der Waals surface area contributed by atoms with Gasteiger partial charge in [-0.25, -0.2) is 14.4 Å². The molecule has 44 heavy (non-hydrogen) atoms. The maximum Gasteiger partial charge on any atom is 0.423 e. The van der Waals surface area contributed by atoms with Gasteiger partial charge in [0.25, 0.3) is 0 Å². The van der Waals surface area contributed by atoms with Crippen LogP contribution < -0.4 is 19.7 Å². The first-order chi connectivity index (χ1) is 20.9. The Morgan fingerprint density at radius 3 is 2.48 bits per heavy atom. The molecule has 0 bridgehead atoms. The molecule has 2 fully saturated rings. The molecule has 0 aliphatic carbocycles. The van der Waals surface area contributed by atoms with Gasteiger partial charge in [0.15, 0.2) is 0 Å². The Bertz CT molecular complexity index is 1700. The van der Waals surface area contributed by atoms with Crippen molar-refractivity contribution in [2.45, 2.75) is 32.4 Å². The number of nitrogens with one attached hydrogen (secondary N) is 1.